The van der Waals surface area contributed by atoms with E-state index in [0.29, 0.717) is 22.6 Å². The molecule has 3 nitrogen and oxygen atoms in total. The summed E-state index contributed by atoms with van der Waals surface area (Å²) >= 11 is 0. The van der Waals surface area contributed by atoms with Gasteiger partial charge in [0.05, 0.1) is 40.2 Å². The van der Waals surface area contributed by atoms with Crippen LogP contribution in [0.4, 0.5) is 34.1 Å². The van der Waals surface area contributed by atoms with Crippen LogP contribution in [0, 0.1) is 0 Å². The van der Waals surface area contributed by atoms with Gasteiger partial charge in [-0.1, -0.05) is 357 Å². The zero-order chi connectivity index (χ0) is 91.8. The summed E-state index contributed by atoms with van der Waals surface area (Å²) in [4.78, 5) is 4.92. The van der Waals surface area contributed by atoms with Gasteiger partial charge in [-0.25, -0.2) is 0 Å². The highest BCUT2D eigenvalue weighted by molar-refractivity contribution is 7.00. The highest BCUT2D eigenvalue weighted by Gasteiger charge is 2.47. The number of rotatable bonds is 8. The normalized spacial score (nSPS) is 15.4. The van der Waals surface area contributed by atoms with Crippen LogP contribution < -0.4 is 26.2 Å². The lowest BCUT2D eigenvalue weighted by atomic mass is 9.33. The van der Waals surface area contributed by atoms with Crippen molar-refractivity contribution in [3.05, 3.63) is 286 Å². The van der Waals surface area contributed by atoms with Crippen LogP contribution in [0.2, 0.25) is 0 Å². The Kier molecular flexibility index (Phi) is 15.0. The molecule has 13 aromatic rings. The molecule has 3 heterocycles. The Hall–Kier alpha value is -9.90. The predicted molar refractivity (Wildman–Crippen MR) is 490 cm³/mol. The van der Waals surface area contributed by atoms with Gasteiger partial charge in [-0.3, -0.25) is 0 Å². The molecule has 0 N–H and O–H groups in total. The zero-order valence-electron chi connectivity index (χ0n) is 84.4. The first-order valence-corrected chi connectivity index (χ1v) is 40.2. The monoisotopic (exact) mass is 1480 g/mol. The number of hydrogen-bond donors (Lipinski definition) is 0. The van der Waals surface area contributed by atoms with E-state index in [0.717, 1.165) is 128 Å². The Morgan fingerprint density at radius 3 is 1.06 bits per heavy atom. The molecule has 0 fully saturated rings. The SMILES string of the molecule is [2H]c1c([2H])c([2H])c(-c2ccc3c(c2)N(c2c(-c4ccc(C(C)(C)C)cc4)cc(C(C)(C)C)cc2-c2cc(C(C)(C)C)cc(C(C)(C)C)c2)c2cc(C(C)(C)C)cc4c2B3c2ccc(-n3c5c([2H])c([2H])c([2H])c([2H])c5c5c([2H])c([2H])c([2H])c([2H])c53)cc2N4c2c(-c3ccc(C(C)(C)C)cc3)cc(C(C)(C)C)cc2-c2ccc(C(C)(C)C)cc2C(C)(C)C)c([2H])c1[2H]. The van der Waals surface area contributed by atoms with Crippen LogP contribution in [0.5, 0.6) is 0 Å². The van der Waals surface area contributed by atoms with E-state index in [4.69, 9.17) is 1.37 Å². The maximum absolute atomic E-state index is 10.0. The second-order valence-electron chi connectivity index (χ2n) is 41.1. The van der Waals surface area contributed by atoms with Crippen LogP contribution in [-0.4, -0.2) is 11.3 Å². The van der Waals surface area contributed by atoms with Crippen molar-refractivity contribution in [1.82, 2.24) is 4.57 Å². The van der Waals surface area contributed by atoms with Crippen molar-refractivity contribution in [2.24, 2.45) is 0 Å². The Labute approximate surface area is 691 Å². The van der Waals surface area contributed by atoms with E-state index in [9.17, 15) is 16.4 Å². The van der Waals surface area contributed by atoms with E-state index < -0.39 is 94.8 Å². The van der Waals surface area contributed by atoms with Crippen molar-refractivity contribution in [2.45, 2.75) is 236 Å². The number of nitrogens with zero attached hydrogens (tertiary/aromatic N) is 3. The minimum atomic E-state index is -0.714. The van der Waals surface area contributed by atoms with Crippen molar-refractivity contribution in [2.75, 3.05) is 9.80 Å². The van der Waals surface area contributed by atoms with Crippen LogP contribution in [0.25, 0.3) is 83.1 Å². The van der Waals surface area contributed by atoms with Crippen LogP contribution in [0.1, 0.15) is 255 Å². The van der Waals surface area contributed by atoms with Gasteiger partial charge in [-0.05, 0) is 215 Å². The number of fused-ring (bicyclic) bond motifs is 7. The number of aromatic nitrogens is 1. The summed E-state index contributed by atoms with van der Waals surface area (Å²) in [6.07, 6.45) is 0. The first-order valence-electron chi connectivity index (χ1n) is 46.7. The fourth-order valence-electron chi connectivity index (χ4n) is 16.6. The molecule has 2 aliphatic heterocycles. The lowest BCUT2D eigenvalue weighted by molar-refractivity contribution is 0.568. The van der Waals surface area contributed by atoms with Crippen molar-refractivity contribution in [3.63, 3.8) is 0 Å². The fraction of sp³-hybridized carbons (Fsp3) is 0.333. The topological polar surface area (TPSA) is 11.4 Å². The van der Waals surface area contributed by atoms with E-state index >= 15 is 0 Å². The third-order valence-electron chi connectivity index (χ3n) is 23.5. The lowest BCUT2D eigenvalue weighted by Crippen LogP contribution is -2.61. The van der Waals surface area contributed by atoms with Crippen molar-refractivity contribution in [3.8, 4) is 61.3 Å². The number of anilines is 6. The molecular formula is C108H120BN3. The molecular weight excluding hydrogens is 1350 g/mol. The molecule has 0 saturated carbocycles. The van der Waals surface area contributed by atoms with Gasteiger partial charge in [0.2, 0.25) is 0 Å². The summed E-state index contributed by atoms with van der Waals surface area (Å²) in [6.45, 7) is 60.4. The second kappa shape index (κ2) is 26.9. The summed E-state index contributed by atoms with van der Waals surface area (Å²) in [6, 6.07) is 52.7. The first kappa shape index (κ1) is 62.6. The van der Waals surface area contributed by atoms with Gasteiger partial charge in [0.25, 0.3) is 6.71 Å². The zero-order valence-corrected chi connectivity index (χ0v) is 71.4. The molecule has 0 amide bonds. The third-order valence-corrected chi connectivity index (χ3v) is 23.5. The van der Waals surface area contributed by atoms with Gasteiger partial charge in [0.1, 0.15) is 0 Å². The molecule has 0 aliphatic carbocycles. The number of benzene rings is 12. The van der Waals surface area contributed by atoms with Crippen LogP contribution >= 0.6 is 0 Å². The highest BCUT2D eigenvalue weighted by Crippen LogP contribution is 2.57. The van der Waals surface area contributed by atoms with Crippen LogP contribution in [0.3, 0.4) is 0 Å². The van der Waals surface area contributed by atoms with Crippen molar-refractivity contribution in [1.29, 1.82) is 0 Å². The Bertz CT molecular complexity index is 6540. The van der Waals surface area contributed by atoms with E-state index in [1.165, 1.54) is 5.56 Å². The van der Waals surface area contributed by atoms with Crippen LogP contribution in [0.15, 0.2) is 236 Å². The largest absolute Gasteiger partial charge is 0.310 e. The quantitative estimate of drug-likeness (QED) is 0.141. The molecule has 4 heteroatoms. The van der Waals surface area contributed by atoms with E-state index in [1.54, 1.807) is 4.57 Å². The number of para-hydroxylation sites is 2. The van der Waals surface area contributed by atoms with Crippen LogP contribution in [-0.2, 0) is 48.7 Å². The molecule has 0 spiro atoms. The average molecular weight is 1480 g/mol. The summed E-state index contributed by atoms with van der Waals surface area (Å²) in [5.41, 5.74) is 22.5. The van der Waals surface area contributed by atoms with Gasteiger partial charge in [-0.2, -0.15) is 0 Å². The van der Waals surface area contributed by atoms with E-state index in [-0.39, 0.29) is 66.5 Å². The lowest BCUT2D eigenvalue weighted by Gasteiger charge is -2.47. The van der Waals surface area contributed by atoms with Crippen molar-refractivity contribution >= 4 is 79.0 Å². The second-order valence-corrected chi connectivity index (χ2v) is 41.1. The van der Waals surface area contributed by atoms with E-state index in [2.05, 4.69) is 336 Å². The van der Waals surface area contributed by atoms with Gasteiger partial charge in [-0.15, -0.1) is 0 Å². The molecule has 12 aromatic carbocycles. The van der Waals surface area contributed by atoms with E-state index in [1.807, 2.05) is 18.2 Å². The third kappa shape index (κ3) is 14.0. The molecule has 0 bridgehead atoms. The first-order chi connectivity index (χ1) is 57.6. The molecule has 0 atom stereocenters. The molecule has 0 unspecified atom stereocenters. The summed E-state index contributed by atoms with van der Waals surface area (Å²) in [5.74, 6) is 0. The highest BCUT2D eigenvalue weighted by atomic mass is 15.2. The van der Waals surface area contributed by atoms with Gasteiger partial charge in [0, 0.05) is 61.5 Å². The minimum absolute atomic E-state index is 0.0137. The molecule has 1 aromatic heterocycles. The Morgan fingerprint density at radius 2 is 0.616 bits per heavy atom. The molecule has 15 rings (SSSR count). The maximum atomic E-state index is 10.0. The Balaban J connectivity index is 1.24. The summed E-state index contributed by atoms with van der Waals surface area (Å²) < 4.78 is 126. The molecule has 0 radical (unpaired) electrons. The maximum Gasteiger partial charge on any atom is 0.252 e. The Morgan fingerprint density at radius 1 is 0.250 bits per heavy atom. The van der Waals surface area contributed by atoms with Gasteiger partial charge >= 0.3 is 0 Å². The standard InChI is InChI=1S/C108H120BN3/c1-100(2,3)72-46-41-68(42-47-72)84-59-77(105(16,17)18)61-86(71-55-75(103(10,11)12)58-76(56-71)104(13,14)15)98(84)111-93-57-70(67-35-29-28-30-36-67)45-53-89(93)109-90-54-51-80(110-91-39-33-31-37-82(91)83-38-32-34-40-92(83)110)66-94(90)112(96-65-79(107(22,23)24)64-95(111)97(96)109)99-85(69-43-48-73(49-44-69)101(4,5)6)60-78(106(19,20)21)62-87(99)81-52-50-74(102(7,8)9)63-88(81)108(25,26)27/h28-66H,1-27H3/i28D,29D,30D,31D,32D,33D,34D,35D,36D,37D,38D,39D,40D. The van der Waals surface area contributed by atoms with Gasteiger partial charge in [0.15, 0.2) is 0 Å². The molecule has 570 valence electrons. The number of hydrogen-bond acceptors (Lipinski definition) is 2. The van der Waals surface area contributed by atoms with Gasteiger partial charge < -0.3 is 14.4 Å². The average Bonchev–Trinajstić information content (AvgIpc) is 1.28. The summed E-state index contributed by atoms with van der Waals surface area (Å²) in [5, 5.41) is -0.0792. The fourth-order valence-corrected chi connectivity index (χ4v) is 16.6. The summed E-state index contributed by atoms with van der Waals surface area (Å²) in [7, 11) is 0. The molecule has 112 heavy (non-hydrogen) atoms. The minimum Gasteiger partial charge on any atom is -0.310 e. The van der Waals surface area contributed by atoms with Crippen molar-refractivity contribution < 1.29 is 17.8 Å². The predicted octanol–water partition coefficient (Wildman–Crippen LogP) is 28.9. The molecule has 0 saturated heterocycles. The smallest absolute Gasteiger partial charge is 0.252 e. The molecule has 2 aliphatic rings.